The number of aliphatic hydroxyl groups is 2. The van der Waals surface area contributed by atoms with Crippen molar-refractivity contribution in [1.29, 1.82) is 0 Å². The number of hydrogen-bond donors (Lipinski definition) is 7. The molecule has 16 nitrogen and oxygen atoms in total. The van der Waals surface area contributed by atoms with Crippen molar-refractivity contribution in [2.45, 2.75) is 126 Å². The van der Waals surface area contributed by atoms with Crippen molar-refractivity contribution < 1.29 is 67.1 Å². The molecule has 2 aromatic carbocycles. The third-order valence-electron chi connectivity index (χ3n) is 15.4. The first-order valence-corrected chi connectivity index (χ1v) is 24.4. The van der Waals surface area contributed by atoms with Crippen LogP contribution in [-0.4, -0.2) is 123 Å². The first kappa shape index (κ1) is 51.5. The molecule has 0 radical (unpaired) electrons. The van der Waals surface area contributed by atoms with Gasteiger partial charge in [0.15, 0.2) is 29.1 Å². The Morgan fingerprint density at radius 1 is 0.928 bits per heavy atom. The maximum atomic E-state index is 17.8. The number of hydrogen-bond acceptors (Lipinski definition) is 12. The van der Waals surface area contributed by atoms with Gasteiger partial charge in [-0.1, -0.05) is 56.3 Å². The molecule has 4 aliphatic carbocycles. The lowest BCUT2D eigenvalue weighted by atomic mass is 9.44. The van der Waals surface area contributed by atoms with E-state index in [-0.39, 0.29) is 50.1 Å². The lowest BCUT2D eigenvalue weighted by Crippen LogP contribution is -2.70. The zero-order valence-corrected chi connectivity index (χ0v) is 40.1. The van der Waals surface area contributed by atoms with Crippen LogP contribution >= 0.6 is 11.8 Å². The van der Waals surface area contributed by atoms with E-state index in [2.05, 4.69) is 21.3 Å². The summed E-state index contributed by atoms with van der Waals surface area (Å²) in [6, 6.07) is 12.5. The molecule has 4 fully saturated rings. The van der Waals surface area contributed by atoms with Crippen molar-refractivity contribution in [3.05, 3.63) is 89.0 Å². The number of Topliss-reactive ketones (excluding diaryl/α,β-unsaturated/α-hetero) is 1. The van der Waals surface area contributed by atoms with Gasteiger partial charge in [-0.2, -0.15) is 11.8 Å². The Labute approximate surface area is 402 Å². The number of ether oxygens (including phenoxy) is 2. The van der Waals surface area contributed by atoms with Crippen molar-refractivity contribution in [1.82, 2.24) is 16.0 Å². The number of allylic oxidation sites excluding steroid dienone is 4. The largest absolute Gasteiger partial charge is 0.481 e. The minimum atomic E-state index is -2.36. The van der Waals surface area contributed by atoms with Crippen LogP contribution in [0.1, 0.15) is 95.6 Å². The van der Waals surface area contributed by atoms with Gasteiger partial charge in [-0.25, -0.2) is 8.78 Å². The number of carboxylic acid groups (broad SMARTS) is 1. The fraction of sp³-hybridized carbons (Fsp3) is 0.540. The number of aliphatic hydroxyl groups excluding tert-OH is 2. The van der Waals surface area contributed by atoms with Gasteiger partial charge in [0.25, 0.3) is 0 Å². The number of carbonyl (C=O) groups excluding carboxylic acids is 6. The van der Waals surface area contributed by atoms with Gasteiger partial charge in [0.05, 0.1) is 23.9 Å². The number of fused-ring (bicyclic) bond motifs is 7. The van der Waals surface area contributed by atoms with E-state index < -0.39 is 124 Å². The van der Waals surface area contributed by atoms with E-state index in [1.165, 1.54) is 32.9 Å². The smallest absolute Gasteiger partial charge is 0.305 e. The molecule has 1 unspecified atom stereocenters. The van der Waals surface area contributed by atoms with E-state index >= 15 is 8.78 Å². The average molecular weight is 979 g/mol. The van der Waals surface area contributed by atoms with E-state index in [0.29, 0.717) is 11.3 Å². The second-order valence-electron chi connectivity index (χ2n) is 19.4. The SMILES string of the molecule is CSC(CC(=O)O)C(=O)NCCC(=O)N[C@@H](C)C(=O)N[C@@H](C)C(=O)Nc1cccc([C@@H](C)c2ccc([C@@H]3O[C@@H]4C[C@H]5[C@@H]6C[C@H](F)C7=CC(=O)C=C[C@]7(C)[C@@]6(F)[C@@H](O)C[C@]5(C)[C@]4(C(=O)CO)O3)cc2)c1. The fourth-order valence-electron chi connectivity index (χ4n) is 11.6. The van der Waals surface area contributed by atoms with Gasteiger partial charge in [-0.05, 0) is 93.2 Å². The van der Waals surface area contributed by atoms with E-state index in [4.69, 9.17) is 14.6 Å². The maximum Gasteiger partial charge on any atom is 0.305 e. The number of aliphatic carboxylic acids is 1. The number of benzene rings is 2. The van der Waals surface area contributed by atoms with Crippen LogP contribution in [0.25, 0.3) is 0 Å². The zero-order valence-electron chi connectivity index (χ0n) is 39.3. The number of alkyl halides is 2. The van der Waals surface area contributed by atoms with E-state index in [0.717, 1.165) is 29.0 Å². The highest BCUT2D eigenvalue weighted by atomic mass is 32.2. The maximum absolute atomic E-state index is 17.8. The van der Waals surface area contributed by atoms with E-state index in [9.17, 15) is 43.8 Å². The summed E-state index contributed by atoms with van der Waals surface area (Å²) >= 11 is 1.08. The van der Waals surface area contributed by atoms with Gasteiger partial charge in [0, 0.05) is 46.9 Å². The first-order valence-electron chi connectivity index (χ1n) is 23.1. The molecule has 5 aliphatic rings. The summed E-state index contributed by atoms with van der Waals surface area (Å²) in [5.74, 6) is -6.36. The Bertz CT molecular complexity index is 2460. The number of anilines is 1. The summed E-state index contributed by atoms with van der Waals surface area (Å²) in [5.41, 5.74) is -4.26. The van der Waals surface area contributed by atoms with Crippen molar-refractivity contribution in [3.63, 3.8) is 0 Å². The summed E-state index contributed by atoms with van der Waals surface area (Å²) in [6.45, 7) is 7.18. The number of rotatable bonds is 17. The first-order chi connectivity index (χ1) is 32.5. The molecule has 372 valence electrons. The fourth-order valence-corrected chi connectivity index (χ4v) is 12.2. The van der Waals surface area contributed by atoms with Crippen LogP contribution in [0.4, 0.5) is 14.5 Å². The van der Waals surface area contributed by atoms with Crippen molar-refractivity contribution in [3.8, 4) is 0 Å². The molecule has 19 heteroatoms. The molecular weight excluding hydrogens is 919 g/mol. The highest BCUT2D eigenvalue weighted by Crippen LogP contribution is 2.72. The predicted molar refractivity (Wildman–Crippen MR) is 249 cm³/mol. The van der Waals surface area contributed by atoms with E-state index in [1.54, 1.807) is 43.5 Å². The Morgan fingerprint density at radius 3 is 2.29 bits per heavy atom. The molecule has 1 saturated heterocycles. The summed E-state index contributed by atoms with van der Waals surface area (Å²) < 4.78 is 46.9. The van der Waals surface area contributed by atoms with Crippen molar-refractivity contribution in [2.75, 3.05) is 24.7 Å². The highest BCUT2D eigenvalue weighted by Gasteiger charge is 2.80. The lowest BCUT2D eigenvalue weighted by molar-refractivity contribution is -0.235. The molecule has 0 aromatic heterocycles. The molecule has 3 saturated carbocycles. The summed E-state index contributed by atoms with van der Waals surface area (Å²) in [6.07, 6.45) is -1.00. The van der Waals surface area contributed by atoms with Gasteiger partial charge in [0.1, 0.15) is 24.9 Å². The number of halogens is 2. The predicted octanol–water partition coefficient (Wildman–Crippen LogP) is 4.14. The molecule has 14 atom stereocenters. The Morgan fingerprint density at radius 2 is 1.62 bits per heavy atom. The van der Waals surface area contributed by atoms with E-state index in [1.807, 2.05) is 25.1 Å². The van der Waals surface area contributed by atoms with Gasteiger partial charge in [-0.3, -0.25) is 33.6 Å². The quantitative estimate of drug-likeness (QED) is 0.118. The standard InChI is InChI=1S/C50H60F2N4O12S/c1-25(30-8-7-9-31(18-30)56-44(65)27(3)55-43(64)26(2)54-41(61)15-17-53-45(66)37(69-6)22-42(62)63)28-10-12-29(13-11-28)46-67-40-21-33-34-20-36(51)35-19-32(58)14-16-47(35,4)49(34,52)38(59)23-48(33,5)50(40,68-46)39(60)24-57/h7-14,16,18-19,25-27,33-34,36-38,40,46,57,59H,15,17,20-24H2,1-6H3,(H,53,66)(H,54,61)(H,55,64)(H,56,65)(H,62,63)/t25-,26-,27-,33-,34-,36-,37?,38-,40+,46+,47-,48-,49-,50+/m0/s1. The highest BCUT2D eigenvalue weighted by molar-refractivity contribution is 7.99. The third-order valence-corrected chi connectivity index (χ3v) is 16.4. The van der Waals surface area contributed by atoms with Gasteiger partial charge in [0.2, 0.25) is 23.6 Å². The second kappa shape index (κ2) is 19.8. The van der Waals surface area contributed by atoms with Crippen LogP contribution in [0.2, 0.25) is 0 Å². The summed E-state index contributed by atoms with van der Waals surface area (Å²) in [4.78, 5) is 87.9. The molecule has 7 N–H and O–H groups in total. The monoisotopic (exact) mass is 978 g/mol. The summed E-state index contributed by atoms with van der Waals surface area (Å²) in [7, 11) is 0. The molecule has 0 bridgehead atoms. The number of carbonyl (C=O) groups is 7. The van der Waals surface area contributed by atoms with Crippen LogP contribution in [0.3, 0.4) is 0 Å². The Hall–Kier alpha value is -5.34. The Balaban J connectivity index is 0.959. The van der Waals surface area contributed by atoms with Gasteiger partial charge >= 0.3 is 5.97 Å². The number of carboxylic acids is 1. The van der Waals surface area contributed by atoms with Crippen molar-refractivity contribution >= 4 is 58.6 Å². The topological polar surface area (TPSA) is 247 Å². The van der Waals surface area contributed by atoms with Crippen LogP contribution in [0, 0.1) is 22.7 Å². The van der Waals surface area contributed by atoms with Crippen LogP contribution in [0.15, 0.2) is 72.3 Å². The molecule has 1 aliphatic heterocycles. The van der Waals surface area contributed by atoms with Crippen LogP contribution in [0.5, 0.6) is 0 Å². The number of ketones is 2. The lowest BCUT2D eigenvalue weighted by Gasteiger charge is -2.63. The van der Waals surface area contributed by atoms with Crippen LogP contribution in [-0.2, 0) is 43.0 Å². The minimum absolute atomic E-state index is 0.00652. The zero-order chi connectivity index (χ0) is 50.4. The molecule has 69 heavy (non-hydrogen) atoms. The number of thioether (sulfide) groups is 1. The molecular formula is C50H60F2N4O12S. The normalized spacial score (nSPS) is 32.7. The number of amides is 4. The average Bonchev–Trinajstić information content (AvgIpc) is 3.82. The molecule has 1 heterocycles. The Kier molecular flexibility index (Phi) is 14.8. The minimum Gasteiger partial charge on any atom is -0.481 e. The second-order valence-corrected chi connectivity index (χ2v) is 20.4. The van der Waals surface area contributed by atoms with Gasteiger partial charge in [-0.15, -0.1) is 0 Å². The number of nitrogens with one attached hydrogen (secondary N) is 4. The van der Waals surface area contributed by atoms with Crippen molar-refractivity contribution in [2.24, 2.45) is 22.7 Å². The molecule has 2 aromatic rings. The molecule has 7 rings (SSSR count). The molecule has 4 amide bonds. The van der Waals surface area contributed by atoms with Crippen LogP contribution < -0.4 is 21.3 Å². The van der Waals surface area contributed by atoms with Gasteiger partial charge < -0.3 is 46.1 Å². The third kappa shape index (κ3) is 9.16. The molecule has 0 spiro atoms. The summed E-state index contributed by atoms with van der Waals surface area (Å²) in [5, 5.41) is 40.8.